The first kappa shape index (κ1) is 17.7. The zero-order valence-corrected chi connectivity index (χ0v) is 14.7. The second-order valence-corrected chi connectivity index (χ2v) is 6.73. The third-order valence-electron chi connectivity index (χ3n) is 4.39. The zero-order chi connectivity index (χ0) is 18.1. The molecule has 0 bridgehead atoms. The lowest BCUT2D eigenvalue weighted by molar-refractivity contribution is -0.120. The van der Waals surface area contributed by atoms with Crippen molar-refractivity contribution in [1.82, 2.24) is 0 Å². The van der Waals surface area contributed by atoms with Crippen molar-refractivity contribution in [3.8, 4) is 0 Å². The van der Waals surface area contributed by atoms with Gasteiger partial charge in [0.25, 0.3) is 0 Å². The summed E-state index contributed by atoms with van der Waals surface area (Å²) in [6, 6.07) is 11.1. The number of carbonyl (C=O) groups is 2. The Balaban J connectivity index is 2.33. The lowest BCUT2D eigenvalue weighted by Crippen LogP contribution is -2.35. The van der Waals surface area contributed by atoms with E-state index >= 15 is 0 Å². The number of rotatable bonds is 4. The fourth-order valence-electron chi connectivity index (χ4n) is 2.60. The molecule has 2 aromatic carbocycles. The number of hydrogen-bond acceptors (Lipinski definition) is 2. The van der Waals surface area contributed by atoms with Crippen LogP contribution in [0.15, 0.2) is 36.4 Å². The highest BCUT2D eigenvalue weighted by atomic mass is 16.4. The quantitative estimate of drug-likeness (QED) is 0.884. The predicted molar refractivity (Wildman–Crippen MR) is 95.7 cm³/mol. The summed E-state index contributed by atoms with van der Waals surface area (Å²) < 4.78 is 0. The topological polar surface area (TPSA) is 66.4 Å². The van der Waals surface area contributed by atoms with Gasteiger partial charge in [-0.15, -0.1) is 0 Å². The van der Waals surface area contributed by atoms with Crippen molar-refractivity contribution < 1.29 is 14.7 Å². The van der Waals surface area contributed by atoms with Crippen LogP contribution in [0.1, 0.15) is 46.5 Å². The van der Waals surface area contributed by atoms with Crippen LogP contribution in [0.25, 0.3) is 0 Å². The van der Waals surface area contributed by atoms with Crippen molar-refractivity contribution in [2.75, 3.05) is 5.32 Å². The van der Waals surface area contributed by atoms with Crippen LogP contribution in [0, 0.1) is 20.8 Å². The lowest BCUT2D eigenvalue weighted by atomic mass is 9.83. The Labute approximate surface area is 142 Å². The maximum absolute atomic E-state index is 12.8. The number of benzene rings is 2. The van der Waals surface area contributed by atoms with E-state index < -0.39 is 11.4 Å². The Morgan fingerprint density at radius 3 is 2.08 bits per heavy atom. The van der Waals surface area contributed by atoms with Gasteiger partial charge < -0.3 is 10.4 Å². The molecule has 0 aromatic heterocycles. The Bertz CT molecular complexity index is 789. The van der Waals surface area contributed by atoms with Crippen molar-refractivity contribution in [2.45, 2.75) is 40.0 Å². The molecule has 0 aliphatic carbocycles. The number of carbonyl (C=O) groups excluding carboxylic acids is 1. The van der Waals surface area contributed by atoms with Gasteiger partial charge in [-0.25, -0.2) is 4.79 Å². The summed E-state index contributed by atoms with van der Waals surface area (Å²) in [5.74, 6) is -1.17. The molecule has 0 fully saturated rings. The molecule has 0 spiro atoms. The van der Waals surface area contributed by atoms with E-state index in [9.17, 15) is 14.7 Å². The van der Waals surface area contributed by atoms with Crippen LogP contribution in [-0.4, -0.2) is 17.0 Å². The number of carboxylic acids is 1. The van der Waals surface area contributed by atoms with E-state index in [4.69, 9.17) is 0 Å². The van der Waals surface area contributed by atoms with E-state index in [0.717, 1.165) is 16.7 Å². The molecule has 1 amide bonds. The summed E-state index contributed by atoms with van der Waals surface area (Å²) in [6.07, 6.45) is 0. The Hall–Kier alpha value is -2.62. The van der Waals surface area contributed by atoms with E-state index in [-0.39, 0.29) is 11.5 Å². The highest BCUT2D eigenvalue weighted by molar-refractivity contribution is 6.00. The molecule has 0 unspecified atom stereocenters. The van der Waals surface area contributed by atoms with Gasteiger partial charge in [0.2, 0.25) is 5.91 Å². The number of nitrogens with one attached hydrogen (secondary N) is 1. The monoisotopic (exact) mass is 325 g/mol. The highest BCUT2D eigenvalue weighted by Gasteiger charge is 2.30. The second-order valence-electron chi connectivity index (χ2n) is 6.73. The first-order valence-corrected chi connectivity index (χ1v) is 7.86. The minimum absolute atomic E-state index is 0.172. The summed E-state index contributed by atoms with van der Waals surface area (Å²) in [6.45, 7) is 9.31. The summed E-state index contributed by atoms with van der Waals surface area (Å²) >= 11 is 0. The van der Waals surface area contributed by atoms with Crippen molar-refractivity contribution >= 4 is 17.6 Å². The molecule has 2 N–H and O–H groups in total. The van der Waals surface area contributed by atoms with E-state index in [1.54, 1.807) is 13.0 Å². The van der Waals surface area contributed by atoms with Crippen LogP contribution in [-0.2, 0) is 10.2 Å². The minimum atomic E-state index is -0.999. The van der Waals surface area contributed by atoms with Crippen molar-refractivity contribution in [1.29, 1.82) is 0 Å². The molecule has 2 aromatic rings. The standard InChI is InChI=1S/C20H23NO3/c1-12-6-8-15(9-7-12)20(4,5)19(24)21-17-11-16(18(22)23)13(2)10-14(17)3/h6-11H,1-5H3,(H,21,24)(H,22,23). The van der Waals surface area contributed by atoms with E-state index in [1.165, 1.54) is 6.07 Å². The fourth-order valence-corrected chi connectivity index (χ4v) is 2.60. The van der Waals surface area contributed by atoms with Crippen molar-refractivity contribution in [2.24, 2.45) is 0 Å². The minimum Gasteiger partial charge on any atom is -0.478 e. The summed E-state index contributed by atoms with van der Waals surface area (Å²) in [5.41, 5.74) is 3.56. The summed E-state index contributed by atoms with van der Waals surface area (Å²) in [5, 5.41) is 12.2. The van der Waals surface area contributed by atoms with Crippen LogP contribution in [0.3, 0.4) is 0 Å². The van der Waals surface area contributed by atoms with E-state index in [1.807, 2.05) is 52.0 Å². The smallest absolute Gasteiger partial charge is 0.336 e. The first-order chi connectivity index (χ1) is 11.1. The molecule has 0 radical (unpaired) electrons. The van der Waals surface area contributed by atoms with Crippen LogP contribution in [0.2, 0.25) is 0 Å². The molecule has 2 rings (SSSR count). The van der Waals surface area contributed by atoms with Crippen LogP contribution in [0.5, 0.6) is 0 Å². The van der Waals surface area contributed by atoms with Gasteiger partial charge in [-0.05, 0) is 57.4 Å². The number of carboxylic acid groups (broad SMARTS) is 1. The van der Waals surface area contributed by atoms with Gasteiger partial charge in [-0.1, -0.05) is 35.9 Å². The largest absolute Gasteiger partial charge is 0.478 e. The van der Waals surface area contributed by atoms with E-state index in [2.05, 4.69) is 5.32 Å². The molecule has 126 valence electrons. The average molecular weight is 325 g/mol. The first-order valence-electron chi connectivity index (χ1n) is 7.86. The number of aryl methyl sites for hydroxylation is 3. The van der Waals surface area contributed by atoms with Gasteiger partial charge in [0.1, 0.15) is 0 Å². The Kier molecular flexibility index (Phi) is 4.78. The lowest BCUT2D eigenvalue weighted by Gasteiger charge is -2.25. The maximum atomic E-state index is 12.8. The molecule has 0 aliphatic heterocycles. The molecular weight excluding hydrogens is 302 g/mol. The van der Waals surface area contributed by atoms with Gasteiger partial charge in [0.15, 0.2) is 0 Å². The SMILES string of the molecule is Cc1ccc(C(C)(C)C(=O)Nc2cc(C(=O)O)c(C)cc2C)cc1. The average Bonchev–Trinajstić information content (AvgIpc) is 2.49. The fraction of sp³-hybridized carbons (Fsp3) is 0.300. The molecule has 0 atom stereocenters. The molecule has 24 heavy (non-hydrogen) atoms. The Morgan fingerprint density at radius 2 is 1.54 bits per heavy atom. The van der Waals surface area contributed by atoms with Gasteiger partial charge in [0, 0.05) is 5.69 Å². The van der Waals surface area contributed by atoms with Crippen LogP contribution in [0.4, 0.5) is 5.69 Å². The van der Waals surface area contributed by atoms with Gasteiger partial charge in [-0.2, -0.15) is 0 Å². The second kappa shape index (κ2) is 6.48. The highest BCUT2D eigenvalue weighted by Crippen LogP contribution is 2.27. The molecule has 0 aliphatic rings. The third-order valence-corrected chi connectivity index (χ3v) is 4.39. The van der Waals surface area contributed by atoms with Gasteiger partial charge >= 0.3 is 5.97 Å². The predicted octanol–water partition coefficient (Wildman–Crippen LogP) is 4.23. The molecule has 4 heteroatoms. The number of hydrogen-bond donors (Lipinski definition) is 2. The van der Waals surface area contributed by atoms with Gasteiger partial charge in [0.05, 0.1) is 11.0 Å². The summed E-state index contributed by atoms with van der Waals surface area (Å²) in [7, 11) is 0. The third kappa shape index (κ3) is 3.48. The number of aromatic carboxylic acids is 1. The molecule has 0 heterocycles. The van der Waals surface area contributed by atoms with Gasteiger partial charge in [-0.3, -0.25) is 4.79 Å². The van der Waals surface area contributed by atoms with Crippen molar-refractivity contribution in [3.05, 3.63) is 64.2 Å². The number of amides is 1. The molecule has 0 saturated carbocycles. The maximum Gasteiger partial charge on any atom is 0.336 e. The van der Waals surface area contributed by atoms with E-state index in [0.29, 0.717) is 11.3 Å². The van der Waals surface area contributed by atoms with Crippen LogP contribution >= 0.6 is 0 Å². The summed E-state index contributed by atoms with van der Waals surface area (Å²) in [4.78, 5) is 24.1. The molecule has 4 nitrogen and oxygen atoms in total. The Morgan fingerprint density at radius 1 is 0.958 bits per heavy atom. The normalized spacial score (nSPS) is 11.2. The van der Waals surface area contributed by atoms with Crippen LogP contribution < -0.4 is 5.32 Å². The molecule has 0 saturated heterocycles. The number of anilines is 1. The van der Waals surface area contributed by atoms with Crippen molar-refractivity contribution in [3.63, 3.8) is 0 Å². The zero-order valence-electron chi connectivity index (χ0n) is 14.7. The molecular formula is C20H23NO3.